The minimum Gasteiger partial charge on any atom is -0.506 e. The number of anilines is 1. The van der Waals surface area contributed by atoms with E-state index in [1.807, 2.05) is 0 Å². The third kappa shape index (κ3) is 2.88. The quantitative estimate of drug-likeness (QED) is 0.809. The molecule has 0 radical (unpaired) electrons. The summed E-state index contributed by atoms with van der Waals surface area (Å²) in [5.41, 5.74) is 1.49. The molecule has 3 rings (SSSR count). The molecule has 4 nitrogen and oxygen atoms in total. The van der Waals surface area contributed by atoms with Gasteiger partial charge in [0.25, 0.3) is 0 Å². The number of likely N-dealkylation sites (N-methyl/N-ethyl adjacent to an activating group) is 1. The molecule has 2 amide bonds. The summed E-state index contributed by atoms with van der Waals surface area (Å²) >= 11 is 9.42. The van der Waals surface area contributed by atoms with Gasteiger partial charge in [0.05, 0.1) is 15.2 Å². The molecular weight excluding hydrogens is 387 g/mol. The highest BCUT2D eigenvalue weighted by Crippen LogP contribution is 2.39. The molecule has 1 saturated heterocycles. The van der Waals surface area contributed by atoms with E-state index in [9.17, 15) is 14.3 Å². The Morgan fingerprint density at radius 3 is 2.61 bits per heavy atom. The van der Waals surface area contributed by atoms with Crippen LogP contribution in [0.5, 0.6) is 5.75 Å². The van der Waals surface area contributed by atoms with Crippen molar-refractivity contribution in [1.29, 1.82) is 0 Å². The molecule has 0 unspecified atom stereocenters. The zero-order chi connectivity index (χ0) is 16.7. The van der Waals surface area contributed by atoms with E-state index in [0.29, 0.717) is 34.9 Å². The van der Waals surface area contributed by atoms with Gasteiger partial charge in [0.15, 0.2) is 0 Å². The van der Waals surface area contributed by atoms with Crippen molar-refractivity contribution < 1.29 is 14.3 Å². The zero-order valence-electron chi connectivity index (χ0n) is 12.2. The average molecular weight is 400 g/mol. The summed E-state index contributed by atoms with van der Waals surface area (Å²) in [5, 5.41) is 10.5. The number of amides is 2. The number of halogens is 3. The van der Waals surface area contributed by atoms with Gasteiger partial charge in [0, 0.05) is 25.7 Å². The first-order valence-corrected chi connectivity index (χ1v) is 8.06. The first kappa shape index (κ1) is 16.1. The SMILES string of the molecule is CN1CCN(c2ccc(-c3cc(F)cc(Br)c3O)cc2Cl)C1=O. The summed E-state index contributed by atoms with van der Waals surface area (Å²) in [6.07, 6.45) is 0. The number of urea groups is 1. The minimum absolute atomic E-state index is 0.0628. The molecule has 7 heteroatoms. The Kier molecular flexibility index (Phi) is 4.21. The molecule has 1 N–H and O–H groups in total. The van der Waals surface area contributed by atoms with E-state index in [0.717, 1.165) is 0 Å². The number of phenols is 1. The molecule has 2 aromatic carbocycles. The van der Waals surface area contributed by atoms with Crippen molar-refractivity contribution in [2.75, 3.05) is 25.0 Å². The lowest BCUT2D eigenvalue weighted by Crippen LogP contribution is -2.29. The Morgan fingerprint density at radius 2 is 2.00 bits per heavy atom. The predicted octanol–water partition coefficient (Wildman–Crippen LogP) is 4.49. The summed E-state index contributed by atoms with van der Waals surface area (Å²) in [5.74, 6) is -0.534. The van der Waals surface area contributed by atoms with Gasteiger partial charge in [-0.3, -0.25) is 4.90 Å². The van der Waals surface area contributed by atoms with Crippen LogP contribution in [0.4, 0.5) is 14.9 Å². The van der Waals surface area contributed by atoms with Gasteiger partial charge in [-0.15, -0.1) is 0 Å². The lowest BCUT2D eigenvalue weighted by atomic mass is 10.0. The molecule has 1 aliphatic heterocycles. The van der Waals surface area contributed by atoms with Crippen LogP contribution in [-0.2, 0) is 0 Å². The summed E-state index contributed by atoms with van der Waals surface area (Å²) in [6, 6.07) is 7.33. The minimum atomic E-state index is -0.471. The number of carbonyl (C=O) groups excluding carboxylic acids is 1. The summed E-state index contributed by atoms with van der Waals surface area (Å²) in [7, 11) is 1.73. The Balaban J connectivity index is 2.02. The standard InChI is InChI=1S/C16H13BrClFN2O2/c1-20-4-5-21(16(20)23)14-3-2-9(6-13(14)18)11-7-10(19)8-12(17)15(11)22/h2-3,6-8,22H,4-5H2,1H3. The van der Waals surface area contributed by atoms with Crippen molar-refractivity contribution in [2.45, 2.75) is 0 Å². The van der Waals surface area contributed by atoms with Gasteiger partial charge < -0.3 is 10.0 Å². The zero-order valence-corrected chi connectivity index (χ0v) is 14.5. The summed E-state index contributed by atoms with van der Waals surface area (Å²) in [6.45, 7) is 1.19. The van der Waals surface area contributed by atoms with Crippen molar-refractivity contribution in [2.24, 2.45) is 0 Å². The van der Waals surface area contributed by atoms with Gasteiger partial charge in [0.2, 0.25) is 0 Å². The maximum atomic E-state index is 13.6. The van der Waals surface area contributed by atoms with Crippen molar-refractivity contribution in [3.8, 4) is 16.9 Å². The van der Waals surface area contributed by atoms with E-state index in [2.05, 4.69) is 15.9 Å². The molecule has 120 valence electrons. The van der Waals surface area contributed by atoms with Crippen molar-refractivity contribution in [3.05, 3.63) is 45.6 Å². The number of carbonyl (C=O) groups is 1. The smallest absolute Gasteiger partial charge is 0.324 e. The summed E-state index contributed by atoms with van der Waals surface area (Å²) < 4.78 is 13.8. The highest BCUT2D eigenvalue weighted by Gasteiger charge is 2.28. The van der Waals surface area contributed by atoms with Crippen LogP contribution in [0.3, 0.4) is 0 Å². The molecular formula is C16H13BrClFN2O2. The second-order valence-electron chi connectivity index (χ2n) is 5.31. The van der Waals surface area contributed by atoms with E-state index in [-0.39, 0.29) is 16.3 Å². The number of benzene rings is 2. The van der Waals surface area contributed by atoms with Crippen LogP contribution in [0.1, 0.15) is 0 Å². The van der Waals surface area contributed by atoms with Crippen LogP contribution in [0.25, 0.3) is 11.1 Å². The van der Waals surface area contributed by atoms with Gasteiger partial charge in [0.1, 0.15) is 11.6 Å². The fourth-order valence-electron chi connectivity index (χ4n) is 2.55. The van der Waals surface area contributed by atoms with Crippen LogP contribution in [0.2, 0.25) is 5.02 Å². The first-order chi connectivity index (χ1) is 10.9. The Labute approximate surface area is 146 Å². The first-order valence-electron chi connectivity index (χ1n) is 6.89. The highest BCUT2D eigenvalue weighted by atomic mass is 79.9. The third-order valence-corrected chi connectivity index (χ3v) is 4.70. The molecule has 1 fully saturated rings. The fraction of sp³-hybridized carbons (Fsp3) is 0.188. The van der Waals surface area contributed by atoms with Crippen LogP contribution in [-0.4, -0.2) is 36.2 Å². The second-order valence-corrected chi connectivity index (χ2v) is 6.57. The third-order valence-electron chi connectivity index (χ3n) is 3.79. The number of hydrogen-bond donors (Lipinski definition) is 1. The van der Waals surface area contributed by atoms with E-state index >= 15 is 0 Å². The van der Waals surface area contributed by atoms with Gasteiger partial charge in [-0.1, -0.05) is 17.7 Å². The van der Waals surface area contributed by atoms with E-state index in [4.69, 9.17) is 11.6 Å². The Bertz CT molecular complexity index is 800. The molecule has 0 bridgehead atoms. The number of nitrogens with zero attached hydrogens (tertiary/aromatic N) is 2. The lowest BCUT2D eigenvalue weighted by molar-refractivity contribution is 0.229. The number of phenolic OH excluding ortho intramolecular Hbond substituents is 1. The van der Waals surface area contributed by atoms with Gasteiger partial charge in [-0.25, -0.2) is 9.18 Å². The number of rotatable bonds is 2. The van der Waals surface area contributed by atoms with Gasteiger partial charge >= 0.3 is 6.03 Å². The van der Waals surface area contributed by atoms with Crippen LogP contribution < -0.4 is 4.90 Å². The van der Waals surface area contributed by atoms with Gasteiger partial charge in [-0.2, -0.15) is 0 Å². The highest BCUT2D eigenvalue weighted by molar-refractivity contribution is 9.10. The molecule has 23 heavy (non-hydrogen) atoms. The molecule has 0 aliphatic carbocycles. The predicted molar refractivity (Wildman–Crippen MR) is 91.6 cm³/mol. The number of hydrogen-bond acceptors (Lipinski definition) is 2. The monoisotopic (exact) mass is 398 g/mol. The Morgan fingerprint density at radius 1 is 1.26 bits per heavy atom. The topological polar surface area (TPSA) is 43.8 Å². The lowest BCUT2D eigenvalue weighted by Gasteiger charge is -2.18. The normalized spacial score (nSPS) is 14.7. The molecule has 0 saturated carbocycles. The molecule has 0 aromatic heterocycles. The largest absolute Gasteiger partial charge is 0.506 e. The van der Waals surface area contributed by atoms with Gasteiger partial charge in [-0.05, 0) is 45.8 Å². The second kappa shape index (κ2) is 6.02. The maximum absolute atomic E-state index is 13.6. The summed E-state index contributed by atoms with van der Waals surface area (Å²) in [4.78, 5) is 15.3. The number of aromatic hydroxyl groups is 1. The fourth-order valence-corrected chi connectivity index (χ4v) is 3.27. The Hall–Kier alpha value is -1.79. The molecule has 2 aromatic rings. The molecule has 0 spiro atoms. The molecule has 1 heterocycles. The van der Waals surface area contributed by atoms with Crippen LogP contribution in [0, 0.1) is 5.82 Å². The maximum Gasteiger partial charge on any atom is 0.324 e. The van der Waals surface area contributed by atoms with Crippen molar-refractivity contribution in [1.82, 2.24) is 4.90 Å². The van der Waals surface area contributed by atoms with E-state index in [1.54, 1.807) is 35.0 Å². The average Bonchev–Trinajstić information content (AvgIpc) is 2.83. The van der Waals surface area contributed by atoms with Crippen LogP contribution in [0.15, 0.2) is 34.8 Å². The molecule has 1 aliphatic rings. The van der Waals surface area contributed by atoms with E-state index < -0.39 is 5.82 Å². The van der Waals surface area contributed by atoms with Crippen molar-refractivity contribution >= 4 is 39.2 Å². The van der Waals surface area contributed by atoms with Crippen molar-refractivity contribution in [3.63, 3.8) is 0 Å². The van der Waals surface area contributed by atoms with Crippen LogP contribution >= 0.6 is 27.5 Å². The molecule has 0 atom stereocenters. The van der Waals surface area contributed by atoms with E-state index in [1.165, 1.54) is 12.1 Å².